The highest BCUT2D eigenvalue weighted by Gasteiger charge is 2.26. The normalized spacial score (nSPS) is 20.4. The van der Waals surface area contributed by atoms with Crippen LogP contribution in [-0.4, -0.2) is 16.1 Å². The van der Waals surface area contributed by atoms with E-state index in [9.17, 15) is 0 Å². The van der Waals surface area contributed by atoms with Crippen molar-refractivity contribution in [1.82, 2.24) is 10.3 Å². The van der Waals surface area contributed by atoms with E-state index in [0.717, 1.165) is 12.2 Å². The predicted molar refractivity (Wildman–Crippen MR) is 68.8 cm³/mol. The first-order chi connectivity index (χ1) is 8.05. The molecule has 0 aromatic carbocycles. The minimum atomic E-state index is 0.230. The second-order valence-corrected chi connectivity index (χ2v) is 5.83. The fourth-order valence-corrected chi connectivity index (χ4v) is 2.37. The predicted octanol–water partition coefficient (Wildman–Crippen LogP) is 2.85. The van der Waals surface area contributed by atoms with Crippen molar-refractivity contribution >= 4 is 0 Å². The van der Waals surface area contributed by atoms with E-state index in [2.05, 4.69) is 24.1 Å². The van der Waals surface area contributed by atoms with Gasteiger partial charge in [0.2, 0.25) is 0 Å². The van der Waals surface area contributed by atoms with Crippen LogP contribution in [-0.2, 0) is 6.54 Å². The maximum Gasteiger partial charge on any atom is 0.133 e. The molecule has 3 nitrogen and oxygen atoms in total. The Morgan fingerprint density at radius 3 is 2.65 bits per heavy atom. The highest BCUT2D eigenvalue weighted by Crippen LogP contribution is 2.34. The zero-order valence-corrected chi connectivity index (χ0v) is 10.7. The van der Waals surface area contributed by atoms with Crippen LogP contribution in [0.1, 0.15) is 45.2 Å². The lowest BCUT2D eigenvalue weighted by Crippen LogP contribution is -2.35. The Morgan fingerprint density at radius 2 is 2.06 bits per heavy atom. The molecule has 94 valence electrons. The first kappa shape index (κ1) is 12.4. The third kappa shape index (κ3) is 3.70. The number of aromatic hydroxyl groups is 1. The summed E-state index contributed by atoms with van der Waals surface area (Å²) in [6.45, 7) is 5.50. The lowest BCUT2D eigenvalue weighted by molar-refractivity contribution is 0.205. The van der Waals surface area contributed by atoms with Crippen molar-refractivity contribution in [3.05, 3.63) is 24.0 Å². The molecule has 1 aromatic rings. The molecule has 0 aliphatic heterocycles. The van der Waals surface area contributed by atoms with E-state index in [1.165, 1.54) is 31.9 Å². The van der Waals surface area contributed by atoms with Gasteiger partial charge in [-0.15, -0.1) is 0 Å². The Labute approximate surface area is 103 Å². The molecule has 3 heteroatoms. The molecule has 0 spiro atoms. The second-order valence-electron chi connectivity index (χ2n) is 5.83. The number of pyridine rings is 1. The van der Waals surface area contributed by atoms with Gasteiger partial charge in [-0.1, -0.05) is 13.8 Å². The van der Waals surface area contributed by atoms with Crippen LogP contribution in [0.15, 0.2) is 18.3 Å². The Hall–Kier alpha value is -1.09. The quantitative estimate of drug-likeness (QED) is 0.845. The lowest BCUT2D eigenvalue weighted by atomic mass is 9.75. The fourth-order valence-electron chi connectivity index (χ4n) is 2.37. The average Bonchev–Trinajstić information content (AvgIpc) is 2.30. The number of hydrogen-bond donors (Lipinski definition) is 2. The van der Waals surface area contributed by atoms with Crippen LogP contribution in [0.4, 0.5) is 0 Å². The topological polar surface area (TPSA) is 45.1 Å². The molecule has 17 heavy (non-hydrogen) atoms. The molecule has 2 rings (SSSR count). The van der Waals surface area contributed by atoms with E-state index in [0.29, 0.717) is 11.5 Å². The molecule has 1 aliphatic carbocycles. The van der Waals surface area contributed by atoms with Gasteiger partial charge < -0.3 is 10.4 Å². The Kier molecular flexibility index (Phi) is 3.67. The van der Waals surface area contributed by atoms with Crippen LogP contribution < -0.4 is 5.32 Å². The van der Waals surface area contributed by atoms with Gasteiger partial charge in [-0.05, 0) is 43.2 Å². The minimum absolute atomic E-state index is 0.230. The minimum Gasteiger partial charge on any atom is -0.506 e. The first-order valence-corrected chi connectivity index (χ1v) is 6.42. The summed E-state index contributed by atoms with van der Waals surface area (Å²) in [7, 11) is 0. The summed E-state index contributed by atoms with van der Waals surface area (Å²) in [5.74, 6) is 0.230. The number of hydrogen-bond acceptors (Lipinski definition) is 3. The second kappa shape index (κ2) is 5.05. The van der Waals surface area contributed by atoms with Gasteiger partial charge in [-0.3, -0.25) is 4.98 Å². The maximum absolute atomic E-state index is 9.15. The van der Waals surface area contributed by atoms with Gasteiger partial charge in [0.1, 0.15) is 5.75 Å². The van der Waals surface area contributed by atoms with E-state index in [1.807, 2.05) is 6.07 Å². The van der Waals surface area contributed by atoms with Crippen LogP contribution in [0.5, 0.6) is 5.75 Å². The van der Waals surface area contributed by atoms with Crippen molar-refractivity contribution in [2.24, 2.45) is 5.41 Å². The number of nitrogens with one attached hydrogen (secondary N) is 1. The molecule has 0 radical (unpaired) electrons. The largest absolute Gasteiger partial charge is 0.506 e. The van der Waals surface area contributed by atoms with Gasteiger partial charge in [-0.25, -0.2) is 0 Å². The lowest BCUT2D eigenvalue weighted by Gasteiger charge is -2.34. The van der Waals surface area contributed by atoms with Crippen molar-refractivity contribution in [2.45, 2.75) is 52.1 Å². The summed E-state index contributed by atoms with van der Waals surface area (Å²) in [6.07, 6.45) is 6.61. The molecule has 0 atom stereocenters. The van der Waals surface area contributed by atoms with Gasteiger partial charge in [0.15, 0.2) is 0 Å². The van der Waals surface area contributed by atoms with Crippen molar-refractivity contribution in [3.63, 3.8) is 0 Å². The highest BCUT2D eigenvalue weighted by atomic mass is 16.3. The Bertz CT molecular complexity index is 349. The summed E-state index contributed by atoms with van der Waals surface area (Å²) in [5.41, 5.74) is 1.52. The van der Waals surface area contributed by atoms with Gasteiger partial charge in [0.05, 0.1) is 11.9 Å². The number of rotatable bonds is 3. The van der Waals surface area contributed by atoms with Crippen LogP contribution in [0, 0.1) is 5.41 Å². The number of aromatic nitrogens is 1. The summed E-state index contributed by atoms with van der Waals surface area (Å²) < 4.78 is 0. The van der Waals surface area contributed by atoms with Crippen LogP contribution in [0.3, 0.4) is 0 Å². The molecule has 1 aromatic heterocycles. The van der Waals surface area contributed by atoms with Gasteiger partial charge in [0.25, 0.3) is 0 Å². The number of nitrogens with zero attached hydrogens (tertiary/aromatic N) is 1. The molecular formula is C14H22N2O. The molecule has 1 aliphatic rings. The summed E-state index contributed by atoms with van der Waals surface area (Å²) >= 11 is 0. The monoisotopic (exact) mass is 234 g/mol. The van der Waals surface area contributed by atoms with E-state index in [1.54, 1.807) is 6.07 Å². The average molecular weight is 234 g/mol. The van der Waals surface area contributed by atoms with Crippen molar-refractivity contribution in [3.8, 4) is 5.75 Å². The SMILES string of the molecule is CC1(C)CCC(NCc2ccc(O)cn2)CC1. The van der Waals surface area contributed by atoms with Crippen LogP contribution >= 0.6 is 0 Å². The van der Waals surface area contributed by atoms with E-state index in [-0.39, 0.29) is 5.75 Å². The summed E-state index contributed by atoms with van der Waals surface area (Å²) in [5, 5.41) is 12.7. The molecular weight excluding hydrogens is 212 g/mol. The Morgan fingerprint density at radius 1 is 1.35 bits per heavy atom. The molecule has 1 fully saturated rings. The van der Waals surface area contributed by atoms with Crippen molar-refractivity contribution in [2.75, 3.05) is 0 Å². The van der Waals surface area contributed by atoms with Crippen molar-refractivity contribution < 1.29 is 5.11 Å². The third-order valence-electron chi connectivity index (χ3n) is 3.72. The first-order valence-electron chi connectivity index (χ1n) is 6.42. The fraction of sp³-hybridized carbons (Fsp3) is 0.643. The smallest absolute Gasteiger partial charge is 0.133 e. The van der Waals surface area contributed by atoms with Crippen LogP contribution in [0.25, 0.3) is 0 Å². The van der Waals surface area contributed by atoms with E-state index in [4.69, 9.17) is 5.11 Å². The zero-order chi connectivity index (χ0) is 12.3. The van der Waals surface area contributed by atoms with Gasteiger partial charge in [-0.2, -0.15) is 0 Å². The third-order valence-corrected chi connectivity index (χ3v) is 3.72. The zero-order valence-electron chi connectivity index (χ0n) is 10.7. The Balaban J connectivity index is 1.78. The van der Waals surface area contributed by atoms with Gasteiger partial charge >= 0.3 is 0 Å². The molecule has 1 heterocycles. The summed E-state index contributed by atoms with van der Waals surface area (Å²) in [4.78, 5) is 4.18. The molecule has 0 saturated heterocycles. The standard InChI is InChI=1S/C14H22N2O/c1-14(2)7-5-11(6-8-14)15-9-12-3-4-13(17)10-16-12/h3-4,10-11,15,17H,5-9H2,1-2H3. The highest BCUT2D eigenvalue weighted by molar-refractivity contribution is 5.17. The van der Waals surface area contributed by atoms with Crippen molar-refractivity contribution in [1.29, 1.82) is 0 Å². The van der Waals surface area contributed by atoms with E-state index >= 15 is 0 Å². The van der Waals surface area contributed by atoms with Crippen LogP contribution in [0.2, 0.25) is 0 Å². The molecule has 0 bridgehead atoms. The van der Waals surface area contributed by atoms with E-state index < -0.39 is 0 Å². The maximum atomic E-state index is 9.15. The summed E-state index contributed by atoms with van der Waals surface area (Å²) in [6, 6.07) is 4.18. The molecule has 1 saturated carbocycles. The molecule has 0 unspecified atom stereocenters. The molecule has 2 N–H and O–H groups in total. The molecule has 0 amide bonds. The van der Waals surface area contributed by atoms with Gasteiger partial charge in [0, 0.05) is 12.6 Å².